The number of alkyl halides is 1. The number of unbranched alkanes of at least 4 members (excludes halogenated alkanes) is 1. The second-order valence-corrected chi connectivity index (χ2v) is 6.75. The number of carbonyl (C=O) groups excluding carboxylic acids is 1. The van der Waals surface area contributed by atoms with Crippen molar-refractivity contribution < 1.29 is 13.2 Å². The zero-order valence-electron chi connectivity index (χ0n) is 9.77. The van der Waals surface area contributed by atoms with Crippen LogP contribution in [0.25, 0.3) is 0 Å². The number of piperidine rings is 1. The van der Waals surface area contributed by atoms with E-state index in [0.717, 1.165) is 0 Å². The summed E-state index contributed by atoms with van der Waals surface area (Å²) in [6.45, 7) is 0.799. The number of nitrogens with two attached hydrogens (primary N) is 1. The van der Waals surface area contributed by atoms with Gasteiger partial charge in [-0.1, -0.05) is 0 Å². The SMILES string of the molecule is NC(=O)C1CCN(S(=O)(=O)CCCCCl)CC1. The van der Waals surface area contributed by atoms with Gasteiger partial charge in [0.2, 0.25) is 15.9 Å². The maximum absolute atomic E-state index is 11.9. The number of nitrogens with zero attached hydrogens (tertiary/aromatic N) is 1. The normalized spacial score (nSPS) is 19.4. The molecule has 0 aromatic carbocycles. The minimum absolute atomic E-state index is 0.140. The van der Waals surface area contributed by atoms with Crippen LogP contribution in [0.3, 0.4) is 0 Å². The van der Waals surface area contributed by atoms with Crippen LogP contribution in [0.5, 0.6) is 0 Å². The molecular weight excluding hydrogens is 264 g/mol. The Kier molecular flexibility index (Phi) is 5.69. The first-order valence-electron chi connectivity index (χ1n) is 5.80. The van der Waals surface area contributed by atoms with E-state index in [0.29, 0.717) is 44.7 Å². The van der Waals surface area contributed by atoms with E-state index in [1.54, 1.807) is 0 Å². The molecule has 17 heavy (non-hydrogen) atoms. The Morgan fingerprint density at radius 1 is 1.29 bits per heavy atom. The molecule has 1 heterocycles. The van der Waals surface area contributed by atoms with Crippen molar-refractivity contribution in [1.82, 2.24) is 4.31 Å². The van der Waals surface area contributed by atoms with Gasteiger partial charge in [0, 0.05) is 24.9 Å². The predicted octanol–water partition coefficient (Wildman–Crippen LogP) is 0.532. The summed E-state index contributed by atoms with van der Waals surface area (Å²) in [5.74, 6) is 0.119. The van der Waals surface area contributed by atoms with Crippen LogP contribution in [0.2, 0.25) is 0 Å². The van der Waals surface area contributed by atoms with Crippen molar-refractivity contribution in [3.63, 3.8) is 0 Å². The van der Waals surface area contributed by atoms with Crippen LogP contribution < -0.4 is 5.73 Å². The number of carbonyl (C=O) groups is 1. The van der Waals surface area contributed by atoms with Crippen molar-refractivity contribution in [2.45, 2.75) is 25.7 Å². The van der Waals surface area contributed by atoms with Gasteiger partial charge in [-0.25, -0.2) is 12.7 Å². The lowest BCUT2D eigenvalue weighted by Gasteiger charge is -2.29. The quantitative estimate of drug-likeness (QED) is 0.570. The average molecular weight is 283 g/mol. The minimum atomic E-state index is -3.18. The average Bonchev–Trinajstić information content (AvgIpc) is 2.29. The highest BCUT2D eigenvalue weighted by atomic mass is 35.5. The summed E-state index contributed by atoms with van der Waals surface area (Å²) in [5, 5.41) is 0. The smallest absolute Gasteiger partial charge is 0.220 e. The van der Waals surface area contributed by atoms with Crippen LogP contribution in [-0.2, 0) is 14.8 Å². The second kappa shape index (κ2) is 6.56. The molecule has 1 saturated heterocycles. The molecule has 1 rings (SSSR count). The van der Waals surface area contributed by atoms with Crippen LogP contribution in [0, 0.1) is 5.92 Å². The molecule has 1 aliphatic heterocycles. The molecule has 1 aliphatic rings. The standard InChI is InChI=1S/C10H19ClN2O3S/c11-5-1-2-8-17(15,16)13-6-3-9(4-7-13)10(12)14/h9H,1-8H2,(H2,12,14). The van der Waals surface area contributed by atoms with Gasteiger partial charge in [0.15, 0.2) is 0 Å². The fraction of sp³-hybridized carbons (Fsp3) is 0.900. The van der Waals surface area contributed by atoms with E-state index in [9.17, 15) is 13.2 Å². The Morgan fingerprint density at radius 2 is 1.88 bits per heavy atom. The Bertz CT molecular complexity index is 351. The highest BCUT2D eigenvalue weighted by Crippen LogP contribution is 2.19. The molecule has 7 heteroatoms. The summed E-state index contributed by atoms with van der Waals surface area (Å²) in [6, 6.07) is 0. The molecule has 100 valence electrons. The molecule has 1 fully saturated rings. The lowest BCUT2D eigenvalue weighted by atomic mass is 9.98. The van der Waals surface area contributed by atoms with E-state index in [2.05, 4.69) is 0 Å². The topological polar surface area (TPSA) is 80.5 Å². The van der Waals surface area contributed by atoms with Crippen molar-refractivity contribution in [3.8, 4) is 0 Å². The van der Waals surface area contributed by atoms with Gasteiger partial charge in [-0.3, -0.25) is 4.79 Å². The Hall–Kier alpha value is -0.330. The van der Waals surface area contributed by atoms with Gasteiger partial charge < -0.3 is 5.73 Å². The molecule has 0 unspecified atom stereocenters. The highest BCUT2D eigenvalue weighted by Gasteiger charge is 2.29. The maximum Gasteiger partial charge on any atom is 0.220 e. The third kappa shape index (κ3) is 4.44. The van der Waals surface area contributed by atoms with Crippen molar-refractivity contribution in [1.29, 1.82) is 0 Å². The van der Waals surface area contributed by atoms with Gasteiger partial charge in [-0.05, 0) is 25.7 Å². The third-order valence-corrected chi connectivity index (χ3v) is 5.26. The van der Waals surface area contributed by atoms with E-state index in [1.165, 1.54) is 4.31 Å². The zero-order chi connectivity index (χ0) is 12.9. The van der Waals surface area contributed by atoms with E-state index >= 15 is 0 Å². The maximum atomic E-state index is 11.9. The lowest BCUT2D eigenvalue weighted by Crippen LogP contribution is -2.42. The molecule has 0 bridgehead atoms. The number of rotatable bonds is 6. The number of halogens is 1. The van der Waals surface area contributed by atoms with Gasteiger partial charge in [0.05, 0.1) is 5.75 Å². The van der Waals surface area contributed by atoms with Crippen LogP contribution in [0.1, 0.15) is 25.7 Å². The number of primary amides is 1. The van der Waals surface area contributed by atoms with Crippen LogP contribution in [-0.4, -0.2) is 43.4 Å². The van der Waals surface area contributed by atoms with E-state index in [-0.39, 0.29) is 17.6 Å². The van der Waals surface area contributed by atoms with Crippen molar-refractivity contribution in [2.24, 2.45) is 11.7 Å². The summed E-state index contributed by atoms with van der Waals surface area (Å²) in [6.07, 6.45) is 2.36. The van der Waals surface area contributed by atoms with Crippen LogP contribution in [0.15, 0.2) is 0 Å². The van der Waals surface area contributed by atoms with Crippen molar-refractivity contribution in [2.75, 3.05) is 24.7 Å². The first-order valence-corrected chi connectivity index (χ1v) is 7.95. The number of hydrogen-bond acceptors (Lipinski definition) is 3. The molecule has 0 atom stereocenters. The molecule has 0 aliphatic carbocycles. The van der Waals surface area contributed by atoms with Gasteiger partial charge in [0.1, 0.15) is 0 Å². The molecule has 0 radical (unpaired) electrons. The summed E-state index contributed by atoms with van der Waals surface area (Å²) in [4.78, 5) is 11.0. The van der Waals surface area contributed by atoms with E-state index in [4.69, 9.17) is 17.3 Å². The summed E-state index contributed by atoms with van der Waals surface area (Å²) in [5.41, 5.74) is 5.20. The molecule has 0 aromatic rings. The summed E-state index contributed by atoms with van der Waals surface area (Å²) >= 11 is 5.51. The Balaban J connectivity index is 2.44. The minimum Gasteiger partial charge on any atom is -0.369 e. The molecule has 1 amide bonds. The number of hydrogen-bond donors (Lipinski definition) is 1. The zero-order valence-corrected chi connectivity index (χ0v) is 11.3. The first-order chi connectivity index (χ1) is 7.97. The van der Waals surface area contributed by atoms with E-state index < -0.39 is 10.0 Å². The van der Waals surface area contributed by atoms with Crippen LogP contribution in [0.4, 0.5) is 0 Å². The number of sulfonamides is 1. The van der Waals surface area contributed by atoms with Gasteiger partial charge >= 0.3 is 0 Å². The van der Waals surface area contributed by atoms with E-state index in [1.807, 2.05) is 0 Å². The lowest BCUT2D eigenvalue weighted by molar-refractivity contribution is -0.122. The third-order valence-electron chi connectivity index (χ3n) is 3.04. The fourth-order valence-corrected chi connectivity index (χ4v) is 3.71. The van der Waals surface area contributed by atoms with Crippen molar-refractivity contribution >= 4 is 27.5 Å². The summed E-state index contributed by atoms with van der Waals surface area (Å²) in [7, 11) is -3.18. The van der Waals surface area contributed by atoms with Gasteiger partial charge in [-0.2, -0.15) is 0 Å². The van der Waals surface area contributed by atoms with Crippen molar-refractivity contribution in [3.05, 3.63) is 0 Å². The molecule has 0 spiro atoms. The van der Waals surface area contributed by atoms with Gasteiger partial charge in [-0.15, -0.1) is 11.6 Å². The second-order valence-electron chi connectivity index (χ2n) is 4.29. The first kappa shape index (κ1) is 14.7. The molecule has 0 aromatic heterocycles. The Labute approximate surface area is 107 Å². The largest absolute Gasteiger partial charge is 0.369 e. The predicted molar refractivity (Wildman–Crippen MR) is 67.2 cm³/mol. The fourth-order valence-electron chi connectivity index (χ4n) is 1.93. The monoisotopic (exact) mass is 282 g/mol. The summed E-state index contributed by atoms with van der Waals surface area (Å²) < 4.78 is 25.3. The molecule has 2 N–H and O–H groups in total. The van der Waals surface area contributed by atoms with Gasteiger partial charge in [0.25, 0.3) is 0 Å². The molecular formula is C10H19ClN2O3S. The number of amides is 1. The molecule has 5 nitrogen and oxygen atoms in total. The molecule has 0 saturated carbocycles. The highest BCUT2D eigenvalue weighted by molar-refractivity contribution is 7.89. The van der Waals surface area contributed by atoms with Crippen LogP contribution >= 0.6 is 11.6 Å². The Morgan fingerprint density at radius 3 is 2.35 bits per heavy atom.